The molecule has 1 heterocycles. The SMILES string of the molecule is COC(=O)C(C)(N)CC(C)Sc1nc2ccccc2o1. The van der Waals surface area contributed by atoms with Gasteiger partial charge in [0.05, 0.1) is 7.11 Å². The van der Waals surface area contributed by atoms with Crippen LogP contribution in [0.4, 0.5) is 0 Å². The monoisotopic (exact) mass is 294 g/mol. The summed E-state index contributed by atoms with van der Waals surface area (Å²) in [6, 6.07) is 7.59. The molecule has 2 atom stereocenters. The third-order valence-electron chi connectivity index (χ3n) is 2.94. The molecule has 20 heavy (non-hydrogen) atoms. The van der Waals surface area contributed by atoms with E-state index in [0.717, 1.165) is 11.1 Å². The number of thioether (sulfide) groups is 1. The van der Waals surface area contributed by atoms with E-state index >= 15 is 0 Å². The Balaban J connectivity index is 2.04. The van der Waals surface area contributed by atoms with Crippen LogP contribution in [-0.4, -0.2) is 28.9 Å². The Morgan fingerprint density at radius 1 is 1.55 bits per heavy atom. The average molecular weight is 294 g/mol. The number of methoxy groups -OCH3 is 1. The minimum Gasteiger partial charge on any atom is -0.468 e. The van der Waals surface area contributed by atoms with Gasteiger partial charge in [-0.2, -0.15) is 0 Å². The molecule has 0 saturated carbocycles. The maximum atomic E-state index is 11.6. The number of ether oxygens (including phenoxy) is 1. The van der Waals surface area contributed by atoms with Gasteiger partial charge in [-0.15, -0.1) is 0 Å². The highest BCUT2D eigenvalue weighted by Crippen LogP contribution is 2.30. The fraction of sp³-hybridized carbons (Fsp3) is 0.429. The molecule has 108 valence electrons. The summed E-state index contributed by atoms with van der Waals surface area (Å²) in [5.41, 5.74) is 6.53. The van der Waals surface area contributed by atoms with Crippen molar-refractivity contribution in [3.8, 4) is 0 Å². The topological polar surface area (TPSA) is 78.4 Å². The van der Waals surface area contributed by atoms with Gasteiger partial charge < -0.3 is 14.9 Å². The van der Waals surface area contributed by atoms with Gasteiger partial charge in [-0.05, 0) is 25.5 Å². The smallest absolute Gasteiger partial charge is 0.325 e. The molecule has 5 nitrogen and oxygen atoms in total. The number of hydrogen-bond acceptors (Lipinski definition) is 6. The Bertz CT molecular complexity index is 576. The van der Waals surface area contributed by atoms with E-state index in [1.54, 1.807) is 6.92 Å². The van der Waals surface area contributed by atoms with E-state index in [9.17, 15) is 4.79 Å². The summed E-state index contributed by atoms with van der Waals surface area (Å²) >= 11 is 1.46. The third-order valence-corrected chi connectivity index (χ3v) is 3.88. The van der Waals surface area contributed by atoms with Gasteiger partial charge in [0.1, 0.15) is 11.1 Å². The lowest BCUT2D eigenvalue weighted by Crippen LogP contribution is -2.47. The summed E-state index contributed by atoms with van der Waals surface area (Å²) in [4.78, 5) is 16.0. The minimum absolute atomic E-state index is 0.0807. The lowest BCUT2D eigenvalue weighted by molar-refractivity contribution is -0.146. The summed E-state index contributed by atoms with van der Waals surface area (Å²) in [5.74, 6) is -0.414. The first-order valence-electron chi connectivity index (χ1n) is 6.32. The molecule has 1 aromatic heterocycles. The van der Waals surface area contributed by atoms with E-state index in [0.29, 0.717) is 11.6 Å². The number of oxazole rings is 1. The zero-order valence-corrected chi connectivity index (χ0v) is 12.6. The van der Waals surface area contributed by atoms with Gasteiger partial charge in [0.15, 0.2) is 5.58 Å². The first-order valence-corrected chi connectivity index (χ1v) is 7.20. The van der Waals surface area contributed by atoms with Gasteiger partial charge in [0, 0.05) is 5.25 Å². The van der Waals surface area contributed by atoms with Crippen molar-refractivity contribution in [2.24, 2.45) is 5.73 Å². The summed E-state index contributed by atoms with van der Waals surface area (Å²) in [5, 5.41) is 0.663. The zero-order valence-electron chi connectivity index (χ0n) is 11.8. The Kier molecular flexibility index (Phi) is 4.35. The number of esters is 1. The quantitative estimate of drug-likeness (QED) is 0.674. The van der Waals surface area contributed by atoms with Gasteiger partial charge >= 0.3 is 5.97 Å². The highest BCUT2D eigenvalue weighted by Gasteiger charge is 2.32. The van der Waals surface area contributed by atoms with Crippen molar-refractivity contribution in [2.45, 2.75) is 36.3 Å². The van der Waals surface area contributed by atoms with E-state index < -0.39 is 11.5 Å². The predicted octanol–water partition coefficient (Wildman–Crippen LogP) is 2.59. The van der Waals surface area contributed by atoms with Gasteiger partial charge in [-0.1, -0.05) is 30.8 Å². The Morgan fingerprint density at radius 3 is 2.90 bits per heavy atom. The lowest BCUT2D eigenvalue weighted by Gasteiger charge is -2.24. The van der Waals surface area contributed by atoms with Crippen LogP contribution in [0, 0.1) is 0 Å². The van der Waals surface area contributed by atoms with Gasteiger partial charge in [0.25, 0.3) is 5.22 Å². The standard InChI is InChI=1S/C14H18N2O3S/c1-9(8-14(2,15)12(17)18-3)20-13-16-10-6-4-5-7-11(10)19-13/h4-7,9H,8,15H2,1-3H3. The fourth-order valence-corrected chi connectivity index (χ4v) is 3.09. The first-order chi connectivity index (χ1) is 9.42. The van der Waals surface area contributed by atoms with Crippen LogP contribution in [0.15, 0.2) is 33.9 Å². The number of hydrogen-bond donors (Lipinski definition) is 1. The number of nitrogens with two attached hydrogens (primary N) is 1. The van der Waals surface area contributed by atoms with Crippen LogP contribution in [0.5, 0.6) is 0 Å². The zero-order chi connectivity index (χ0) is 14.8. The van der Waals surface area contributed by atoms with Gasteiger partial charge in [-0.3, -0.25) is 4.79 Å². The summed E-state index contributed by atoms with van der Waals surface area (Å²) in [7, 11) is 1.34. The molecule has 1 aromatic carbocycles. The molecule has 6 heteroatoms. The second-order valence-electron chi connectivity index (χ2n) is 4.99. The molecule has 2 unspecified atom stereocenters. The van der Waals surface area contributed by atoms with Gasteiger partial charge in [0.2, 0.25) is 0 Å². The molecule has 0 amide bonds. The van der Waals surface area contributed by atoms with Crippen LogP contribution in [0.3, 0.4) is 0 Å². The van der Waals surface area contributed by atoms with Crippen molar-refractivity contribution in [3.63, 3.8) is 0 Å². The first kappa shape index (κ1) is 14.9. The van der Waals surface area contributed by atoms with Crippen molar-refractivity contribution in [1.29, 1.82) is 0 Å². The largest absolute Gasteiger partial charge is 0.468 e. The third kappa shape index (κ3) is 3.32. The highest BCUT2D eigenvalue weighted by molar-refractivity contribution is 7.99. The van der Waals surface area contributed by atoms with E-state index in [1.807, 2.05) is 31.2 Å². The molecule has 0 aliphatic carbocycles. The van der Waals surface area contributed by atoms with E-state index in [-0.39, 0.29) is 5.25 Å². The summed E-state index contributed by atoms with van der Waals surface area (Å²) in [6.45, 7) is 3.65. The highest BCUT2D eigenvalue weighted by atomic mass is 32.2. The second-order valence-corrected chi connectivity index (χ2v) is 6.38. The lowest BCUT2D eigenvalue weighted by atomic mass is 9.98. The van der Waals surface area contributed by atoms with Crippen molar-refractivity contribution in [2.75, 3.05) is 7.11 Å². The van der Waals surface area contributed by atoms with Crippen LogP contribution in [0.1, 0.15) is 20.3 Å². The van der Waals surface area contributed by atoms with Crippen LogP contribution < -0.4 is 5.73 Å². The van der Waals surface area contributed by atoms with Crippen molar-refractivity contribution in [3.05, 3.63) is 24.3 Å². The number of nitrogens with zero attached hydrogens (tertiary/aromatic N) is 1. The predicted molar refractivity (Wildman–Crippen MR) is 78.6 cm³/mol. The number of para-hydroxylation sites is 2. The minimum atomic E-state index is -1.01. The van der Waals surface area contributed by atoms with E-state index in [1.165, 1.54) is 18.9 Å². The van der Waals surface area contributed by atoms with Crippen LogP contribution in [-0.2, 0) is 9.53 Å². The molecule has 0 spiro atoms. The molecule has 0 bridgehead atoms. The number of carbonyl (C=O) groups is 1. The van der Waals surface area contributed by atoms with Crippen LogP contribution in [0.25, 0.3) is 11.1 Å². The molecule has 0 radical (unpaired) electrons. The molecule has 0 aliphatic rings. The molecular formula is C14H18N2O3S. The summed E-state index contributed by atoms with van der Waals surface area (Å²) < 4.78 is 10.3. The summed E-state index contributed by atoms with van der Waals surface area (Å²) in [6.07, 6.45) is 0.475. The fourth-order valence-electron chi connectivity index (χ4n) is 2.03. The van der Waals surface area contributed by atoms with Gasteiger partial charge in [-0.25, -0.2) is 4.98 Å². The molecule has 0 saturated heterocycles. The molecular weight excluding hydrogens is 276 g/mol. The molecule has 0 fully saturated rings. The molecule has 2 rings (SSSR count). The normalized spacial score (nSPS) is 15.8. The molecule has 2 aromatic rings. The van der Waals surface area contributed by atoms with Crippen molar-refractivity contribution in [1.82, 2.24) is 4.98 Å². The van der Waals surface area contributed by atoms with Crippen LogP contribution >= 0.6 is 11.8 Å². The maximum absolute atomic E-state index is 11.6. The average Bonchev–Trinajstić information content (AvgIpc) is 2.78. The van der Waals surface area contributed by atoms with E-state index in [4.69, 9.17) is 14.9 Å². The maximum Gasteiger partial charge on any atom is 0.325 e. The van der Waals surface area contributed by atoms with Crippen molar-refractivity contribution < 1.29 is 13.9 Å². The number of rotatable bonds is 5. The van der Waals surface area contributed by atoms with E-state index in [2.05, 4.69) is 4.98 Å². The van der Waals surface area contributed by atoms with Crippen molar-refractivity contribution >= 4 is 28.8 Å². The Labute approximate surface area is 121 Å². The Hall–Kier alpha value is -1.53. The van der Waals surface area contributed by atoms with Crippen LogP contribution in [0.2, 0.25) is 0 Å². The number of benzene rings is 1. The molecule has 0 aliphatic heterocycles. The molecule has 2 N–H and O–H groups in total. The number of fused-ring (bicyclic) bond motifs is 1. The number of aromatic nitrogens is 1. The second kappa shape index (κ2) is 5.85. The number of carbonyl (C=O) groups excluding carboxylic acids is 1. The Morgan fingerprint density at radius 2 is 2.25 bits per heavy atom.